The number of nitriles is 2. The maximum absolute atomic E-state index is 12.4. The second kappa shape index (κ2) is 5.86. The van der Waals surface area contributed by atoms with E-state index in [1.165, 1.54) is 0 Å². The lowest BCUT2D eigenvalue weighted by Gasteiger charge is -1.94. The fourth-order valence-electron chi connectivity index (χ4n) is 0.732. The van der Waals surface area contributed by atoms with Crippen LogP contribution in [0.3, 0.4) is 0 Å². The molecule has 0 spiro atoms. The summed E-state index contributed by atoms with van der Waals surface area (Å²) in [4.78, 5) is 0. The highest BCUT2D eigenvalue weighted by Gasteiger charge is 2.08. The van der Waals surface area contributed by atoms with Gasteiger partial charge in [0.05, 0.1) is 11.1 Å². The standard InChI is InChI=1S/C8H2F2N2.H2O4S/c9-7-1-5(3-11)6(4-12)2-8(7)10;1-5(2,3)4/h1-2H;(H2,1,2,3,4). The molecule has 0 bridgehead atoms. The Bertz CT molecular complexity index is 554. The summed E-state index contributed by atoms with van der Waals surface area (Å²) in [7, 11) is -4.67. The Morgan fingerprint density at radius 3 is 1.41 bits per heavy atom. The molecule has 9 heteroatoms. The molecular weight excluding hydrogens is 258 g/mol. The van der Waals surface area contributed by atoms with Crippen LogP contribution in [0.2, 0.25) is 0 Å². The van der Waals surface area contributed by atoms with Gasteiger partial charge in [0.25, 0.3) is 0 Å². The zero-order valence-electron chi connectivity index (χ0n) is 7.92. The maximum Gasteiger partial charge on any atom is 0.394 e. The molecule has 17 heavy (non-hydrogen) atoms. The van der Waals surface area contributed by atoms with Crippen LogP contribution in [0, 0.1) is 34.3 Å². The van der Waals surface area contributed by atoms with Crippen LogP contribution in [0.1, 0.15) is 11.1 Å². The number of hydrogen-bond acceptors (Lipinski definition) is 4. The summed E-state index contributed by atoms with van der Waals surface area (Å²) in [5, 5.41) is 16.7. The van der Waals surface area contributed by atoms with E-state index in [0.717, 1.165) is 0 Å². The van der Waals surface area contributed by atoms with E-state index in [1.807, 2.05) is 0 Å². The minimum atomic E-state index is -4.67. The van der Waals surface area contributed by atoms with Crippen LogP contribution in [-0.2, 0) is 10.4 Å². The Hall–Kier alpha value is -2.07. The third kappa shape index (κ3) is 6.17. The van der Waals surface area contributed by atoms with E-state index >= 15 is 0 Å². The van der Waals surface area contributed by atoms with Gasteiger partial charge in [-0.05, 0) is 12.1 Å². The van der Waals surface area contributed by atoms with Gasteiger partial charge in [0.1, 0.15) is 12.1 Å². The molecule has 0 unspecified atom stereocenters. The van der Waals surface area contributed by atoms with Crippen LogP contribution in [0.15, 0.2) is 12.1 Å². The zero-order chi connectivity index (χ0) is 13.6. The van der Waals surface area contributed by atoms with Gasteiger partial charge in [0.2, 0.25) is 0 Å². The average Bonchev–Trinajstić information content (AvgIpc) is 2.19. The number of halogens is 2. The number of hydrogen-bond donors (Lipinski definition) is 2. The monoisotopic (exact) mass is 262 g/mol. The summed E-state index contributed by atoms with van der Waals surface area (Å²) in [6.45, 7) is 0. The fourth-order valence-corrected chi connectivity index (χ4v) is 0.732. The summed E-state index contributed by atoms with van der Waals surface area (Å²) in [5.74, 6) is -2.24. The van der Waals surface area contributed by atoms with Crippen molar-refractivity contribution in [3.8, 4) is 12.1 Å². The first-order chi connectivity index (χ1) is 7.69. The lowest BCUT2D eigenvalue weighted by Crippen LogP contribution is -1.90. The predicted molar refractivity (Wildman–Crippen MR) is 50.0 cm³/mol. The molecule has 0 aliphatic rings. The molecule has 90 valence electrons. The van der Waals surface area contributed by atoms with Crippen molar-refractivity contribution in [3.05, 3.63) is 34.9 Å². The van der Waals surface area contributed by atoms with E-state index in [1.54, 1.807) is 12.1 Å². The molecule has 0 amide bonds. The first-order valence-electron chi connectivity index (χ1n) is 3.68. The molecule has 0 fully saturated rings. The van der Waals surface area contributed by atoms with Gasteiger partial charge in [-0.25, -0.2) is 8.78 Å². The van der Waals surface area contributed by atoms with Gasteiger partial charge in [-0.2, -0.15) is 18.9 Å². The summed E-state index contributed by atoms with van der Waals surface area (Å²) in [6.07, 6.45) is 0. The summed E-state index contributed by atoms with van der Waals surface area (Å²) >= 11 is 0. The van der Waals surface area contributed by atoms with Gasteiger partial charge in [-0.15, -0.1) is 0 Å². The van der Waals surface area contributed by atoms with Crippen LogP contribution in [0.5, 0.6) is 0 Å². The van der Waals surface area contributed by atoms with Gasteiger partial charge in [0, 0.05) is 0 Å². The number of benzene rings is 1. The van der Waals surface area contributed by atoms with E-state index in [0.29, 0.717) is 12.1 Å². The molecule has 0 saturated heterocycles. The van der Waals surface area contributed by atoms with Gasteiger partial charge in [0.15, 0.2) is 11.6 Å². The molecule has 0 aliphatic carbocycles. The molecule has 1 aromatic carbocycles. The topological polar surface area (TPSA) is 122 Å². The molecule has 0 atom stereocenters. The smallest absolute Gasteiger partial charge is 0.264 e. The van der Waals surface area contributed by atoms with Crippen LogP contribution in [0.25, 0.3) is 0 Å². The SMILES string of the molecule is N#Cc1cc(F)c(F)cc1C#N.O=S(=O)(O)O. The highest BCUT2D eigenvalue weighted by molar-refractivity contribution is 7.79. The minimum absolute atomic E-state index is 0.156. The minimum Gasteiger partial charge on any atom is -0.264 e. The lowest BCUT2D eigenvalue weighted by molar-refractivity contribution is 0.381. The first-order valence-corrected chi connectivity index (χ1v) is 5.08. The van der Waals surface area contributed by atoms with E-state index < -0.39 is 22.0 Å². The Morgan fingerprint density at radius 2 is 1.24 bits per heavy atom. The number of nitrogens with zero attached hydrogens (tertiary/aromatic N) is 2. The second-order valence-corrected chi connectivity index (χ2v) is 3.38. The molecule has 1 aromatic rings. The van der Waals surface area contributed by atoms with Crippen molar-refractivity contribution in [3.63, 3.8) is 0 Å². The number of rotatable bonds is 0. The highest BCUT2D eigenvalue weighted by atomic mass is 32.3. The normalized spacial score (nSPS) is 9.53. The molecule has 0 heterocycles. The lowest BCUT2D eigenvalue weighted by atomic mass is 10.1. The first kappa shape index (κ1) is 14.9. The largest absolute Gasteiger partial charge is 0.394 e. The van der Waals surface area contributed by atoms with Crippen molar-refractivity contribution in [2.24, 2.45) is 0 Å². The van der Waals surface area contributed by atoms with Gasteiger partial charge in [-0.3, -0.25) is 9.11 Å². The van der Waals surface area contributed by atoms with E-state index in [4.69, 9.17) is 28.0 Å². The molecule has 2 N–H and O–H groups in total. The van der Waals surface area contributed by atoms with Crippen LogP contribution in [0.4, 0.5) is 8.78 Å². The van der Waals surface area contributed by atoms with Gasteiger partial charge in [-0.1, -0.05) is 0 Å². The Morgan fingerprint density at radius 1 is 1.00 bits per heavy atom. The van der Waals surface area contributed by atoms with Crippen LogP contribution >= 0.6 is 0 Å². The van der Waals surface area contributed by atoms with Crippen molar-refractivity contribution in [2.45, 2.75) is 0 Å². The van der Waals surface area contributed by atoms with Crippen molar-refractivity contribution in [1.82, 2.24) is 0 Å². The zero-order valence-corrected chi connectivity index (χ0v) is 8.74. The summed E-state index contributed by atoms with van der Waals surface area (Å²) in [5.41, 5.74) is -0.312. The Kier molecular flexibility index (Phi) is 5.15. The third-order valence-electron chi connectivity index (χ3n) is 1.30. The second-order valence-electron chi connectivity index (χ2n) is 2.48. The Balaban J connectivity index is 0.000000437. The van der Waals surface area contributed by atoms with E-state index in [9.17, 15) is 8.78 Å². The van der Waals surface area contributed by atoms with Crippen LogP contribution in [-0.4, -0.2) is 17.5 Å². The van der Waals surface area contributed by atoms with Gasteiger partial charge < -0.3 is 0 Å². The summed E-state index contributed by atoms with van der Waals surface area (Å²) in [6, 6.07) is 4.58. The quantitative estimate of drug-likeness (QED) is 0.674. The Labute approximate surface area is 94.9 Å². The maximum atomic E-state index is 12.4. The van der Waals surface area contributed by atoms with E-state index in [-0.39, 0.29) is 11.1 Å². The molecular formula is C8H4F2N2O4S. The predicted octanol–water partition coefficient (Wildman–Crippen LogP) is 1.06. The van der Waals surface area contributed by atoms with Crippen molar-refractivity contribution in [2.75, 3.05) is 0 Å². The molecule has 0 aliphatic heterocycles. The average molecular weight is 262 g/mol. The highest BCUT2D eigenvalue weighted by Crippen LogP contribution is 2.12. The third-order valence-corrected chi connectivity index (χ3v) is 1.30. The molecule has 6 nitrogen and oxygen atoms in total. The van der Waals surface area contributed by atoms with Crippen molar-refractivity contribution < 1.29 is 26.3 Å². The van der Waals surface area contributed by atoms with Crippen molar-refractivity contribution in [1.29, 1.82) is 10.5 Å². The van der Waals surface area contributed by atoms with Crippen molar-refractivity contribution >= 4 is 10.4 Å². The van der Waals surface area contributed by atoms with Crippen LogP contribution < -0.4 is 0 Å². The fraction of sp³-hybridized carbons (Fsp3) is 0. The molecule has 0 radical (unpaired) electrons. The van der Waals surface area contributed by atoms with E-state index in [2.05, 4.69) is 0 Å². The molecule has 0 saturated carbocycles. The molecule has 0 aromatic heterocycles. The molecule has 1 rings (SSSR count). The summed E-state index contributed by atoms with van der Waals surface area (Å²) < 4.78 is 56.5. The van der Waals surface area contributed by atoms with Gasteiger partial charge >= 0.3 is 10.4 Å².